The molecule has 0 unspecified atom stereocenters. The lowest BCUT2D eigenvalue weighted by Gasteiger charge is -2.44. The van der Waals surface area contributed by atoms with E-state index in [1.807, 2.05) is 12.2 Å². The molecule has 0 aromatic heterocycles. The zero-order valence-electron chi connectivity index (χ0n) is 17.0. The SMILES string of the molecule is CC/C=C1/C=C(OC)\C(O)=C/[C@@]2(C)c3c(cc(OC)c(OC)c31)CCN2C. The third-order valence-electron chi connectivity index (χ3n) is 5.66. The van der Waals surface area contributed by atoms with Gasteiger partial charge in [-0.25, -0.2) is 0 Å². The maximum absolute atomic E-state index is 10.8. The van der Waals surface area contributed by atoms with Crippen molar-refractivity contribution in [2.45, 2.75) is 32.2 Å². The summed E-state index contributed by atoms with van der Waals surface area (Å²) in [6, 6.07) is 2.07. The van der Waals surface area contributed by atoms with Gasteiger partial charge in [0.25, 0.3) is 0 Å². The highest BCUT2D eigenvalue weighted by Gasteiger charge is 2.41. The smallest absolute Gasteiger partial charge is 0.168 e. The summed E-state index contributed by atoms with van der Waals surface area (Å²) in [6.07, 6.45) is 7.63. The molecule has 0 amide bonds. The van der Waals surface area contributed by atoms with E-state index < -0.39 is 5.54 Å². The number of benzene rings is 1. The first kappa shape index (κ1) is 19.4. The molecule has 0 radical (unpaired) electrons. The molecule has 0 spiro atoms. The minimum absolute atomic E-state index is 0.141. The van der Waals surface area contributed by atoms with Gasteiger partial charge < -0.3 is 19.3 Å². The molecule has 5 heteroatoms. The number of aliphatic hydroxyl groups excluding tert-OH is 1. The fourth-order valence-electron chi connectivity index (χ4n) is 4.16. The number of rotatable bonds is 4. The molecule has 27 heavy (non-hydrogen) atoms. The minimum atomic E-state index is -0.503. The summed E-state index contributed by atoms with van der Waals surface area (Å²) in [5, 5.41) is 10.8. The Morgan fingerprint density at radius 2 is 1.96 bits per heavy atom. The highest BCUT2D eigenvalue weighted by Crippen LogP contribution is 2.50. The van der Waals surface area contributed by atoms with Crippen molar-refractivity contribution in [1.82, 2.24) is 4.90 Å². The first-order valence-electron chi connectivity index (χ1n) is 9.29. The number of hydrogen-bond donors (Lipinski definition) is 1. The zero-order valence-corrected chi connectivity index (χ0v) is 17.0. The van der Waals surface area contributed by atoms with Gasteiger partial charge in [0.1, 0.15) is 0 Å². The molecule has 0 bridgehead atoms. The van der Waals surface area contributed by atoms with Gasteiger partial charge in [0.05, 0.1) is 26.9 Å². The Hall–Kier alpha value is -2.40. The molecule has 0 fully saturated rings. The van der Waals surface area contributed by atoms with Gasteiger partial charge >= 0.3 is 0 Å². The van der Waals surface area contributed by atoms with E-state index in [2.05, 4.69) is 37.9 Å². The normalized spacial score (nSPS) is 27.6. The van der Waals surface area contributed by atoms with Crippen molar-refractivity contribution in [2.75, 3.05) is 34.9 Å². The molecule has 1 atom stereocenters. The average molecular weight is 371 g/mol. The molecule has 1 aromatic carbocycles. The van der Waals surface area contributed by atoms with Crippen LogP contribution in [0, 0.1) is 0 Å². The van der Waals surface area contributed by atoms with Gasteiger partial charge in [0, 0.05) is 12.1 Å². The number of likely N-dealkylation sites (N-methyl/N-ethyl adjacent to an activating group) is 1. The molecule has 3 rings (SSSR count). The van der Waals surface area contributed by atoms with Gasteiger partial charge in [0.15, 0.2) is 23.0 Å². The van der Waals surface area contributed by atoms with E-state index in [9.17, 15) is 5.11 Å². The summed E-state index contributed by atoms with van der Waals surface area (Å²) in [6.45, 7) is 5.09. The van der Waals surface area contributed by atoms with Gasteiger partial charge in [-0.15, -0.1) is 0 Å². The van der Waals surface area contributed by atoms with E-state index in [1.54, 1.807) is 21.3 Å². The Balaban J connectivity index is 2.51. The summed E-state index contributed by atoms with van der Waals surface area (Å²) in [4.78, 5) is 2.25. The van der Waals surface area contributed by atoms with Crippen molar-refractivity contribution in [2.24, 2.45) is 0 Å². The number of methoxy groups -OCH3 is 3. The summed E-state index contributed by atoms with van der Waals surface area (Å²) < 4.78 is 17.0. The van der Waals surface area contributed by atoms with E-state index in [-0.39, 0.29) is 5.76 Å². The predicted molar refractivity (Wildman–Crippen MR) is 107 cm³/mol. The molecule has 1 aliphatic carbocycles. The van der Waals surface area contributed by atoms with Gasteiger partial charge in [-0.05, 0) is 61.7 Å². The molecule has 5 nitrogen and oxygen atoms in total. The molecule has 146 valence electrons. The summed E-state index contributed by atoms with van der Waals surface area (Å²) in [5.41, 5.74) is 3.82. The molecular formula is C22H29NO4. The van der Waals surface area contributed by atoms with E-state index in [0.717, 1.165) is 41.8 Å². The molecule has 1 N–H and O–H groups in total. The highest BCUT2D eigenvalue weighted by molar-refractivity contribution is 5.85. The van der Waals surface area contributed by atoms with Crippen LogP contribution in [0.25, 0.3) is 5.57 Å². The summed E-state index contributed by atoms with van der Waals surface area (Å²) >= 11 is 0. The Bertz CT molecular complexity index is 837. The first-order valence-corrected chi connectivity index (χ1v) is 9.29. The predicted octanol–water partition coefficient (Wildman–Crippen LogP) is 4.19. The van der Waals surface area contributed by atoms with Crippen molar-refractivity contribution in [3.63, 3.8) is 0 Å². The fraction of sp³-hybridized carbons (Fsp3) is 0.455. The Morgan fingerprint density at radius 3 is 2.56 bits per heavy atom. The molecule has 1 aromatic rings. The Morgan fingerprint density at radius 1 is 1.22 bits per heavy atom. The van der Waals surface area contributed by atoms with Crippen LogP contribution in [0.4, 0.5) is 0 Å². The molecule has 0 saturated carbocycles. The van der Waals surface area contributed by atoms with Crippen LogP contribution in [0.3, 0.4) is 0 Å². The van der Waals surface area contributed by atoms with E-state index >= 15 is 0 Å². The van der Waals surface area contributed by atoms with E-state index in [4.69, 9.17) is 14.2 Å². The number of hydrogen-bond acceptors (Lipinski definition) is 5. The second kappa shape index (κ2) is 7.31. The van der Waals surface area contributed by atoms with Crippen LogP contribution in [0.1, 0.15) is 37.0 Å². The number of aliphatic hydroxyl groups is 1. The largest absolute Gasteiger partial charge is 0.504 e. The molecular weight excluding hydrogens is 342 g/mol. The minimum Gasteiger partial charge on any atom is -0.504 e. The third kappa shape index (κ3) is 3.00. The van der Waals surface area contributed by atoms with Crippen molar-refractivity contribution in [3.8, 4) is 11.5 Å². The van der Waals surface area contributed by atoms with Crippen LogP contribution >= 0.6 is 0 Å². The van der Waals surface area contributed by atoms with Gasteiger partial charge in [-0.3, -0.25) is 4.90 Å². The lowest BCUT2D eigenvalue weighted by atomic mass is 9.75. The lowest BCUT2D eigenvalue weighted by Crippen LogP contribution is -2.46. The summed E-state index contributed by atoms with van der Waals surface area (Å²) in [7, 11) is 6.98. The van der Waals surface area contributed by atoms with Crippen LogP contribution in [-0.4, -0.2) is 44.9 Å². The third-order valence-corrected chi connectivity index (χ3v) is 5.66. The maximum atomic E-state index is 10.8. The van der Waals surface area contributed by atoms with Crippen LogP contribution in [0.5, 0.6) is 11.5 Å². The number of nitrogens with zero attached hydrogens (tertiary/aromatic N) is 1. The standard InChI is InChI=1S/C22H29NO4/c1-7-8-14-11-17(25-4)16(24)13-22(2)20-15(9-10-23(22)3)12-18(26-5)21(27-6)19(14)20/h8,11-13,24H,7,9-10H2,1-6H3/b14-8-,16-13+,17-11+/t22-/m0/s1. The monoisotopic (exact) mass is 371 g/mol. The second-order valence-corrected chi connectivity index (χ2v) is 7.15. The van der Waals surface area contributed by atoms with Crippen molar-refractivity contribution < 1.29 is 19.3 Å². The van der Waals surface area contributed by atoms with E-state index in [1.165, 1.54) is 5.56 Å². The molecule has 1 heterocycles. The van der Waals surface area contributed by atoms with Gasteiger partial charge in [-0.1, -0.05) is 13.0 Å². The lowest BCUT2D eigenvalue weighted by molar-refractivity contribution is 0.163. The quantitative estimate of drug-likeness (QED) is 0.860. The van der Waals surface area contributed by atoms with Crippen LogP contribution in [0.15, 0.2) is 35.8 Å². The average Bonchev–Trinajstić information content (AvgIpc) is 2.65. The number of ether oxygens (including phenoxy) is 3. The Kier molecular flexibility index (Phi) is 5.24. The highest BCUT2D eigenvalue weighted by atomic mass is 16.5. The molecule has 2 aliphatic rings. The second-order valence-electron chi connectivity index (χ2n) is 7.15. The molecule has 0 saturated heterocycles. The number of allylic oxidation sites excluding steroid dienone is 3. The van der Waals surface area contributed by atoms with Crippen molar-refractivity contribution in [3.05, 3.63) is 52.5 Å². The van der Waals surface area contributed by atoms with Crippen molar-refractivity contribution in [1.29, 1.82) is 0 Å². The zero-order chi connectivity index (χ0) is 19.8. The van der Waals surface area contributed by atoms with Crippen LogP contribution in [-0.2, 0) is 16.7 Å². The van der Waals surface area contributed by atoms with Crippen LogP contribution in [0.2, 0.25) is 0 Å². The van der Waals surface area contributed by atoms with Crippen LogP contribution < -0.4 is 9.47 Å². The topological polar surface area (TPSA) is 51.2 Å². The van der Waals surface area contributed by atoms with Gasteiger partial charge in [0.2, 0.25) is 0 Å². The fourth-order valence-corrected chi connectivity index (χ4v) is 4.16. The van der Waals surface area contributed by atoms with Gasteiger partial charge in [-0.2, -0.15) is 0 Å². The van der Waals surface area contributed by atoms with E-state index in [0.29, 0.717) is 11.5 Å². The van der Waals surface area contributed by atoms with Crippen molar-refractivity contribution >= 4 is 5.57 Å². The maximum Gasteiger partial charge on any atom is 0.168 e. The summed E-state index contributed by atoms with van der Waals surface area (Å²) in [5.74, 6) is 2.01. The first-order chi connectivity index (χ1) is 12.9. The molecule has 1 aliphatic heterocycles. The Labute approximate surface area is 161 Å².